The maximum absolute atomic E-state index is 12.5. The Morgan fingerprint density at radius 1 is 1.33 bits per heavy atom. The zero-order valence-electron chi connectivity index (χ0n) is 9.04. The molecule has 2 aromatic rings. The molecule has 0 atom stereocenters. The van der Waals surface area contributed by atoms with E-state index in [0.29, 0.717) is 12.1 Å². The molecule has 0 saturated heterocycles. The van der Waals surface area contributed by atoms with Gasteiger partial charge in [-0.3, -0.25) is 0 Å². The van der Waals surface area contributed by atoms with E-state index in [-0.39, 0.29) is 16.7 Å². The lowest BCUT2D eigenvalue weighted by Gasteiger charge is -2.06. The fourth-order valence-electron chi connectivity index (χ4n) is 1.49. The van der Waals surface area contributed by atoms with Gasteiger partial charge < -0.3 is 14.3 Å². The minimum atomic E-state index is -4.61. The van der Waals surface area contributed by atoms with Crippen molar-refractivity contribution >= 4 is 16.9 Å². The maximum atomic E-state index is 12.5. The smallest absolute Gasteiger partial charge is 0.416 e. The minimum absolute atomic E-state index is 0.0170. The Hall–Kier alpha value is -2.18. The number of methoxy groups -OCH3 is 1. The molecule has 4 nitrogen and oxygen atoms in total. The summed E-state index contributed by atoms with van der Waals surface area (Å²) < 4.78 is 46.7. The number of phenolic OH excluding ortho intramolecular Hbond substituents is 1. The number of phenols is 1. The Morgan fingerprint density at radius 3 is 2.56 bits per heavy atom. The van der Waals surface area contributed by atoms with Gasteiger partial charge in [0, 0.05) is 6.07 Å². The molecule has 0 bridgehead atoms. The van der Waals surface area contributed by atoms with Gasteiger partial charge in [-0.05, 0) is 12.1 Å². The molecule has 96 valence electrons. The topological polar surface area (TPSA) is 59.7 Å². The van der Waals surface area contributed by atoms with Gasteiger partial charge in [0.05, 0.1) is 18.1 Å². The Labute approximate surface area is 98.6 Å². The fraction of sp³-hybridized carbons (Fsp3) is 0.182. The number of fused-ring (bicyclic) bond motifs is 1. The molecule has 1 N–H and O–H groups in total. The minimum Gasteiger partial charge on any atom is -0.507 e. The standard InChI is InChI=1S/C11H7F3O4/c1-17-10(16)9-4-6-7(15)2-5(11(12,13)14)3-8(6)18-9/h2-4,15H,1H3. The summed E-state index contributed by atoms with van der Waals surface area (Å²) in [4.78, 5) is 11.2. The van der Waals surface area contributed by atoms with E-state index in [1.165, 1.54) is 0 Å². The summed E-state index contributed by atoms with van der Waals surface area (Å²) in [7, 11) is 1.11. The first-order valence-electron chi connectivity index (χ1n) is 4.75. The number of furan rings is 1. The van der Waals surface area contributed by atoms with Gasteiger partial charge in [0.25, 0.3) is 0 Å². The molecule has 7 heteroatoms. The molecule has 1 aromatic carbocycles. The summed E-state index contributed by atoms with van der Waals surface area (Å²) in [6.45, 7) is 0. The number of esters is 1. The summed E-state index contributed by atoms with van der Waals surface area (Å²) in [5.74, 6) is -1.72. The van der Waals surface area contributed by atoms with E-state index in [4.69, 9.17) is 4.42 Å². The van der Waals surface area contributed by atoms with E-state index in [9.17, 15) is 23.1 Å². The van der Waals surface area contributed by atoms with Crippen molar-refractivity contribution in [2.75, 3.05) is 7.11 Å². The molecular weight excluding hydrogens is 253 g/mol. The quantitative estimate of drug-likeness (QED) is 0.801. The highest BCUT2D eigenvalue weighted by molar-refractivity contribution is 5.95. The van der Waals surface area contributed by atoms with E-state index in [0.717, 1.165) is 13.2 Å². The zero-order chi connectivity index (χ0) is 13.5. The van der Waals surface area contributed by atoms with Crippen molar-refractivity contribution < 1.29 is 32.2 Å². The third-order valence-corrected chi connectivity index (χ3v) is 2.33. The summed E-state index contributed by atoms with van der Waals surface area (Å²) in [6.07, 6.45) is -4.61. The molecule has 0 radical (unpaired) electrons. The summed E-state index contributed by atoms with van der Waals surface area (Å²) in [5.41, 5.74) is -1.29. The van der Waals surface area contributed by atoms with Crippen LogP contribution in [0.5, 0.6) is 5.75 Å². The molecule has 0 amide bonds. The van der Waals surface area contributed by atoms with Crippen LogP contribution in [0.15, 0.2) is 22.6 Å². The van der Waals surface area contributed by atoms with E-state index in [1.54, 1.807) is 0 Å². The molecule has 18 heavy (non-hydrogen) atoms. The van der Waals surface area contributed by atoms with Crippen LogP contribution in [-0.2, 0) is 10.9 Å². The van der Waals surface area contributed by atoms with Crippen LogP contribution in [-0.4, -0.2) is 18.2 Å². The van der Waals surface area contributed by atoms with Crippen LogP contribution in [0.2, 0.25) is 0 Å². The predicted octanol–water partition coefficient (Wildman–Crippen LogP) is 2.94. The Balaban J connectivity index is 2.63. The number of halogens is 3. The number of hydrogen-bond donors (Lipinski definition) is 1. The van der Waals surface area contributed by atoms with E-state index >= 15 is 0 Å². The summed E-state index contributed by atoms with van der Waals surface area (Å²) in [6, 6.07) is 2.40. The molecule has 0 spiro atoms. The number of aromatic hydroxyl groups is 1. The SMILES string of the molecule is COC(=O)c1cc2c(O)cc(C(F)(F)F)cc2o1. The highest BCUT2D eigenvalue weighted by Crippen LogP contribution is 2.37. The number of ether oxygens (including phenoxy) is 1. The molecule has 0 aliphatic rings. The van der Waals surface area contributed by atoms with Gasteiger partial charge in [-0.25, -0.2) is 4.79 Å². The number of carbonyl (C=O) groups excluding carboxylic acids is 1. The normalized spacial score (nSPS) is 11.8. The molecule has 0 aliphatic heterocycles. The number of hydrogen-bond acceptors (Lipinski definition) is 4. The van der Waals surface area contributed by atoms with Gasteiger partial charge in [-0.15, -0.1) is 0 Å². The van der Waals surface area contributed by atoms with Crippen LogP contribution >= 0.6 is 0 Å². The third-order valence-electron chi connectivity index (χ3n) is 2.33. The van der Waals surface area contributed by atoms with Crippen molar-refractivity contribution in [3.63, 3.8) is 0 Å². The van der Waals surface area contributed by atoms with Crippen LogP contribution in [0, 0.1) is 0 Å². The second-order valence-electron chi connectivity index (χ2n) is 3.51. The van der Waals surface area contributed by atoms with Gasteiger partial charge in [0.1, 0.15) is 11.3 Å². The molecular formula is C11H7F3O4. The number of carbonyl (C=O) groups is 1. The Bertz CT molecular complexity index is 613. The lowest BCUT2D eigenvalue weighted by Crippen LogP contribution is -2.04. The van der Waals surface area contributed by atoms with Crippen LogP contribution in [0.1, 0.15) is 16.1 Å². The van der Waals surface area contributed by atoms with Gasteiger partial charge in [0.15, 0.2) is 0 Å². The largest absolute Gasteiger partial charge is 0.507 e. The van der Waals surface area contributed by atoms with Gasteiger partial charge in [0.2, 0.25) is 5.76 Å². The second kappa shape index (κ2) is 3.94. The van der Waals surface area contributed by atoms with Crippen molar-refractivity contribution in [2.24, 2.45) is 0 Å². The van der Waals surface area contributed by atoms with Crippen molar-refractivity contribution in [3.8, 4) is 5.75 Å². The second-order valence-corrected chi connectivity index (χ2v) is 3.51. The highest BCUT2D eigenvalue weighted by Gasteiger charge is 2.32. The number of rotatable bonds is 1. The molecule has 1 aromatic heterocycles. The number of alkyl halides is 3. The Morgan fingerprint density at radius 2 is 2.00 bits per heavy atom. The lowest BCUT2D eigenvalue weighted by molar-refractivity contribution is -0.137. The van der Waals surface area contributed by atoms with Crippen LogP contribution < -0.4 is 0 Å². The molecule has 0 aliphatic carbocycles. The van der Waals surface area contributed by atoms with E-state index in [2.05, 4.69) is 4.74 Å². The third kappa shape index (κ3) is 1.99. The van der Waals surface area contributed by atoms with Crippen molar-refractivity contribution in [2.45, 2.75) is 6.18 Å². The van der Waals surface area contributed by atoms with Crippen molar-refractivity contribution in [1.82, 2.24) is 0 Å². The average Bonchev–Trinajstić information content (AvgIpc) is 2.71. The van der Waals surface area contributed by atoms with Gasteiger partial charge in [-0.2, -0.15) is 13.2 Å². The first kappa shape index (κ1) is 12.3. The van der Waals surface area contributed by atoms with Crippen LogP contribution in [0.4, 0.5) is 13.2 Å². The number of benzene rings is 1. The van der Waals surface area contributed by atoms with Crippen LogP contribution in [0.25, 0.3) is 11.0 Å². The summed E-state index contributed by atoms with van der Waals surface area (Å²) >= 11 is 0. The van der Waals surface area contributed by atoms with Crippen molar-refractivity contribution in [3.05, 3.63) is 29.5 Å². The monoisotopic (exact) mass is 260 g/mol. The predicted molar refractivity (Wildman–Crippen MR) is 54.2 cm³/mol. The lowest BCUT2D eigenvalue weighted by atomic mass is 10.1. The van der Waals surface area contributed by atoms with Crippen molar-refractivity contribution in [1.29, 1.82) is 0 Å². The molecule has 0 unspecified atom stereocenters. The Kier molecular flexibility index (Phi) is 2.68. The molecule has 0 saturated carbocycles. The maximum Gasteiger partial charge on any atom is 0.416 e. The average molecular weight is 260 g/mol. The summed E-state index contributed by atoms with van der Waals surface area (Å²) in [5, 5.41) is 9.49. The highest BCUT2D eigenvalue weighted by atomic mass is 19.4. The fourth-order valence-corrected chi connectivity index (χ4v) is 1.49. The first-order valence-corrected chi connectivity index (χ1v) is 4.75. The van der Waals surface area contributed by atoms with E-state index in [1.807, 2.05) is 0 Å². The van der Waals surface area contributed by atoms with Gasteiger partial charge >= 0.3 is 12.1 Å². The molecule has 2 rings (SSSR count). The van der Waals surface area contributed by atoms with E-state index < -0.39 is 23.5 Å². The van der Waals surface area contributed by atoms with Crippen LogP contribution in [0.3, 0.4) is 0 Å². The molecule has 0 fully saturated rings. The molecule has 1 heterocycles. The van der Waals surface area contributed by atoms with Gasteiger partial charge in [-0.1, -0.05) is 0 Å². The first-order chi connectivity index (χ1) is 8.32. The zero-order valence-corrected chi connectivity index (χ0v) is 9.04.